The van der Waals surface area contributed by atoms with E-state index in [-0.39, 0.29) is 6.04 Å². The summed E-state index contributed by atoms with van der Waals surface area (Å²) >= 11 is 0. The van der Waals surface area contributed by atoms with Gasteiger partial charge in [-0.2, -0.15) is 13.9 Å². The maximum Gasteiger partial charge on any atom is 0.333 e. The summed E-state index contributed by atoms with van der Waals surface area (Å²) in [5.41, 5.74) is 5.88. The molecule has 0 amide bonds. The van der Waals surface area contributed by atoms with E-state index >= 15 is 0 Å². The second-order valence-corrected chi connectivity index (χ2v) is 2.29. The monoisotopic (exact) mass is 161 g/mol. The third kappa shape index (κ3) is 1.74. The van der Waals surface area contributed by atoms with Gasteiger partial charge in [-0.15, -0.1) is 0 Å². The number of rotatable bonds is 2. The molecule has 0 aliphatic carbocycles. The minimum Gasteiger partial charge on any atom is -0.323 e. The summed E-state index contributed by atoms with van der Waals surface area (Å²) in [7, 11) is 0. The first-order chi connectivity index (χ1) is 5.11. The SMILES string of the molecule is C[C@H](N)c1ccn(C(F)F)n1. The van der Waals surface area contributed by atoms with E-state index in [4.69, 9.17) is 5.73 Å². The summed E-state index contributed by atoms with van der Waals surface area (Å²) in [6.07, 6.45) is 1.21. The van der Waals surface area contributed by atoms with E-state index < -0.39 is 6.55 Å². The zero-order chi connectivity index (χ0) is 8.43. The maximum atomic E-state index is 11.9. The second kappa shape index (κ2) is 2.96. The van der Waals surface area contributed by atoms with E-state index in [9.17, 15) is 8.78 Å². The van der Waals surface area contributed by atoms with Crippen molar-refractivity contribution in [1.82, 2.24) is 9.78 Å². The predicted molar refractivity (Wildman–Crippen MR) is 36.1 cm³/mol. The van der Waals surface area contributed by atoms with Gasteiger partial charge in [0.05, 0.1) is 5.69 Å². The molecule has 2 N–H and O–H groups in total. The van der Waals surface area contributed by atoms with Crippen LogP contribution in [0, 0.1) is 0 Å². The van der Waals surface area contributed by atoms with E-state index in [0.29, 0.717) is 10.4 Å². The summed E-state index contributed by atoms with van der Waals surface area (Å²) in [4.78, 5) is 0. The van der Waals surface area contributed by atoms with Crippen LogP contribution in [-0.4, -0.2) is 9.78 Å². The van der Waals surface area contributed by atoms with Gasteiger partial charge in [0.25, 0.3) is 0 Å². The Morgan fingerprint density at radius 2 is 2.27 bits per heavy atom. The second-order valence-electron chi connectivity index (χ2n) is 2.29. The normalized spacial score (nSPS) is 13.9. The van der Waals surface area contributed by atoms with Gasteiger partial charge in [-0.05, 0) is 13.0 Å². The number of halogens is 2. The van der Waals surface area contributed by atoms with Crippen LogP contribution in [0.3, 0.4) is 0 Å². The van der Waals surface area contributed by atoms with Gasteiger partial charge in [0.2, 0.25) is 0 Å². The molecule has 1 aromatic rings. The Balaban J connectivity index is 2.82. The predicted octanol–water partition coefficient (Wildman–Crippen LogP) is 1.30. The molecule has 0 aromatic carbocycles. The van der Waals surface area contributed by atoms with Gasteiger partial charge in [0, 0.05) is 12.2 Å². The third-order valence-corrected chi connectivity index (χ3v) is 1.30. The maximum absolute atomic E-state index is 11.9. The van der Waals surface area contributed by atoms with Crippen molar-refractivity contribution in [2.75, 3.05) is 0 Å². The number of nitrogens with zero attached hydrogens (tertiary/aromatic N) is 2. The van der Waals surface area contributed by atoms with Crippen LogP contribution in [0.4, 0.5) is 8.78 Å². The van der Waals surface area contributed by atoms with Crippen LogP contribution in [0.1, 0.15) is 25.2 Å². The molecule has 0 bridgehead atoms. The Hall–Kier alpha value is -0.970. The van der Waals surface area contributed by atoms with Crippen molar-refractivity contribution in [2.45, 2.75) is 19.5 Å². The molecule has 0 aliphatic rings. The number of aromatic nitrogens is 2. The fraction of sp³-hybridized carbons (Fsp3) is 0.500. The third-order valence-electron chi connectivity index (χ3n) is 1.30. The summed E-state index contributed by atoms with van der Waals surface area (Å²) in [5, 5.41) is 3.55. The lowest BCUT2D eigenvalue weighted by Gasteiger charge is -1.99. The standard InChI is InChI=1S/C6H9F2N3/c1-4(9)5-2-3-11(10-5)6(7)8/h2-4,6H,9H2,1H3/t4-/m0/s1. The average Bonchev–Trinajstić information content (AvgIpc) is 2.33. The molecule has 1 rings (SSSR count). The van der Waals surface area contributed by atoms with E-state index in [0.717, 1.165) is 0 Å². The molecular formula is C6H9F2N3. The number of hydrogen-bond donors (Lipinski definition) is 1. The van der Waals surface area contributed by atoms with Gasteiger partial charge in [0.15, 0.2) is 0 Å². The van der Waals surface area contributed by atoms with Crippen molar-refractivity contribution in [2.24, 2.45) is 5.73 Å². The van der Waals surface area contributed by atoms with Crippen LogP contribution in [0.25, 0.3) is 0 Å². The van der Waals surface area contributed by atoms with Gasteiger partial charge in [-0.25, -0.2) is 4.68 Å². The lowest BCUT2D eigenvalue weighted by Crippen LogP contribution is -2.07. The number of alkyl halides is 2. The molecule has 1 atom stereocenters. The Bertz CT molecular complexity index is 209. The van der Waals surface area contributed by atoms with E-state index in [1.165, 1.54) is 12.3 Å². The van der Waals surface area contributed by atoms with Crippen molar-refractivity contribution in [1.29, 1.82) is 0 Å². The van der Waals surface area contributed by atoms with Gasteiger partial charge in [0.1, 0.15) is 0 Å². The summed E-state index contributed by atoms with van der Waals surface area (Å²) < 4.78 is 24.4. The molecule has 1 heterocycles. The first-order valence-electron chi connectivity index (χ1n) is 3.20. The Morgan fingerprint density at radius 3 is 2.55 bits per heavy atom. The molecule has 0 saturated heterocycles. The van der Waals surface area contributed by atoms with Crippen LogP contribution >= 0.6 is 0 Å². The van der Waals surface area contributed by atoms with Crippen molar-refractivity contribution < 1.29 is 8.78 Å². The van der Waals surface area contributed by atoms with Gasteiger partial charge < -0.3 is 5.73 Å². The van der Waals surface area contributed by atoms with Crippen molar-refractivity contribution in [3.8, 4) is 0 Å². The first kappa shape index (κ1) is 8.13. The molecule has 0 fully saturated rings. The van der Waals surface area contributed by atoms with Gasteiger partial charge in [-0.3, -0.25) is 0 Å². The average molecular weight is 161 g/mol. The molecule has 0 aliphatic heterocycles. The van der Waals surface area contributed by atoms with Crippen molar-refractivity contribution >= 4 is 0 Å². The molecule has 3 nitrogen and oxygen atoms in total. The summed E-state index contributed by atoms with van der Waals surface area (Å²) in [6.45, 7) is -0.888. The van der Waals surface area contributed by atoms with Crippen LogP contribution < -0.4 is 5.73 Å². The molecule has 11 heavy (non-hydrogen) atoms. The molecule has 0 spiro atoms. The molecule has 5 heteroatoms. The van der Waals surface area contributed by atoms with E-state index in [1.54, 1.807) is 6.92 Å². The molecular weight excluding hydrogens is 152 g/mol. The fourth-order valence-corrected chi connectivity index (χ4v) is 0.704. The lowest BCUT2D eigenvalue weighted by atomic mass is 10.3. The Kier molecular flexibility index (Phi) is 2.19. The highest BCUT2D eigenvalue weighted by atomic mass is 19.3. The molecule has 62 valence electrons. The van der Waals surface area contributed by atoms with Crippen molar-refractivity contribution in [3.05, 3.63) is 18.0 Å². The van der Waals surface area contributed by atoms with Crippen molar-refractivity contribution in [3.63, 3.8) is 0 Å². The van der Waals surface area contributed by atoms with Crippen LogP contribution in [0.15, 0.2) is 12.3 Å². The highest BCUT2D eigenvalue weighted by Crippen LogP contribution is 2.11. The van der Waals surface area contributed by atoms with Gasteiger partial charge in [-0.1, -0.05) is 0 Å². The van der Waals surface area contributed by atoms with Gasteiger partial charge >= 0.3 is 6.55 Å². The fourth-order valence-electron chi connectivity index (χ4n) is 0.704. The zero-order valence-corrected chi connectivity index (χ0v) is 6.04. The first-order valence-corrected chi connectivity index (χ1v) is 3.20. The largest absolute Gasteiger partial charge is 0.333 e. The topological polar surface area (TPSA) is 43.8 Å². The van der Waals surface area contributed by atoms with Crippen LogP contribution in [0.2, 0.25) is 0 Å². The minimum atomic E-state index is -2.58. The highest BCUT2D eigenvalue weighted by molar-refractivity contribution is 5.03. The van der Waals surface area contributed by atoms with E-state index in [1.807, 2.05) is 0 Å². The molecule has 0 unspecified atom stereocenters. The summed E-state index contributed by atoms with van der Waals surface area (Å²) in [5.74, 6) is 0. The minimum absolute atomic E-state index is 0.296. The number of nitrogens with two attached hydrogens (primary N) is 1. The number of hydrogen-bond acceptors (Lipinski definition) is 2. The lowest BCUT2D eigenvalue weighted by molar-refractivity contribution is 0.0561. The smallest absolute Gasteiger partial charge is 0.323 e. The Morgan fingerprint density at radius 1 is 1.64 bits per heavy atom. The summed E-state index contributed by atoms with van der Waals surface area (Å²) in [6, 6.07) is 1.19. The molecule has 1 aromatic heterocycles. The highest BCUT2D eigenvalue weighted by Gasteiger charge is 2.08. The molecule has 0 radical (unpaired) electrons. The zero-order valence-electron chi connectivity index (χ0n) is 6.04. The molecule has 0 saturated carbocycles. The van der Waals surface area contributed by atoms with Crippen LogP contribution in [-0.2, 0) is 0 Å². The van der Waals surface area contributed by atoms with Crippen LogP contribution in [0.5, 0.6) is 0 Å². The van der Waals surface area contributed by atoms with E-state index in [2.05, 4.69) is 5.10 Å². The Labute approximate surface area is 62.8 Å². The quantitative estimate of drug-likeness (QED) is 0.710.